The first-order valence-corrected chi connectivity index (χ1v) is 8.50. The first-order chi connectivity index (χ1) is 11.6. The highest BCUT2D eigenvalue weighted by atomic mass is 79.9. The number of aryl methyl sites for hydroxylation is 1. The highest BCUT2D eigenvalue weighted by molar-refractivity contribution is 9.10. The SMILES string of the molecule is CCCN(Cc1ccc(C#N)cc1)c1ncnc2c1c(Br)nn2C. The Bertz CT molecular complexity index is 894. The molecule has 122 valence electrons. The number of benzene rings is 1. The Morgan fingerprint density at radius 1 is 1.25 bits per heavy atom. The summed E-state index contributed by atoms with van der Waals surface area (Å²) < 4.78 is 2.49. The number of halogens is 1. The molecule has 0 atom stereocenters. The lowest BCUT2D eigenvalue weighted by atomic mass is 10.1. The van der Waals surface area contributed by atoms with Crippen molar-refractivity contribution in [1.29, 1.82) is 5.26 Å². The molecule has 0 bridgehead atoms. The van der Waals surface area contributed by atoms with E-state index in [1.165, 1.54) is 0 Å². The summed E-state index contributed by atoms with van der Waals surface area (Å²) >= 11 is 3.52. The van der Waals surface area contributed by atoms with Gasteiger partial charge in [-0.25, -0.2) is 14.6 Å². The molecule has 3 rings (SSSR count). The van der Waals surface area contributed by atoms with E-state index in [0.29, 0.717) is 12.1 Å². The van der Waals surface area contributed by atoms with Crippen LogP contribution in [0.5, 0.6) is 0 Å². The fourth-order valence-electron chi connectivity index (χ4n) is 2.70. The maximum atomic E-state index is 8.93. The van der Waals surface area contributed by atoms with Crippen molar-refractivity contribution in [3.05, 3.63) is 46.3 Å². The molecule has 0 N–H and O–H groups in total. The number of fused-ring (bicyclic) bond motifs is 1. The van der Waals surface area contributed by atoms with Crippen molar-refractivity contribution in [3.8, 4) is 6.07 Å². The standard InChI is InChI=1S/C17H17BrN6/c1-3-8-24(10-13-6-4-12(9-19)5-7-13)17-14-15(18)22-23(2)16(14)20-11-21-17/h4-7,11H,3,8,10H2,1-2H3. The van der Waals surface area contributed by atoms with E-state index in [0.717, 1.165) is 40.0 Å². The third-order valence-electron chi connectivity index (χ3n) is 3.81. The first-order valence-electron chi connectivity index (χ1n) is 7.71. The van der Waals surface area contributed by atoms with Crippen LogP contribution in [0.2, 0.25) is 0 Å². The number of nitrogens with zero attached hydrogens (tertiary/aromatic N) is 6. The van der Waals surface area contributed by atoms with Crippen LogP contribution in [0.1, 0.15) is 24.5 Å². The Morgan fingerprint density at radius 2 is 2.00 bits per heavy atom. The predicted molar refractivity (Wildman–Crippen MR) is 96.5 cm³/mol. The average molecular weight is 385 g/mol. The van der Waals surface area contributed by atoms with Gasteiger partial charge in [0.05, 0.1) is 17.0 Å². The number of hydrogen-bond donors (Lipinski definition) is 0. The second kappa shape index (κ2) is 6.97. The van der Waals surface area contributed by atoms with E-state index in [-0.39, 0.29) is 0 Å². The Balaban J connectivity index is 2.00. The van der Waals surface area contributed by atoms with Gasteiger partial charge in [0.1, 0.15) is 16.7 Å². The van der Waals surface area contributed by atoms with Crippen LogP contribution in [-0.2, 0) is 13.6 Å². The Morgan fingerprint density at radius 3 is 2.67 bits per heavy atom. The van der Waals surface area contributed by atoms with Crippen LogP contribution in [0.25, 0.3) is 11.0 Å². The average Bonchev–Trinajstić information content (AvgIpc) is 2.90. The molecule has 0 saturated carbocycles. The Kier molecular flexibility index (Phi) is 4.76. The van der Waals surface area contributed by atoms with Gasteiger partial charge in [0, 0.05) is 20.1 Å². The minimum absolute atomic E-state index is 0.667. The van der Waals surface area contributed by atoms with Gasteiger partial charge in [-0.1, -0.05) is 19.1 Å². The Labute approximate surface area is 148 Å². The monoisotopic (exact) mass is 384 g/mol. The molecule has 0 aliphatic rings. The molecule has 0 fully saturated rings. The number of rotatable bonds is 5. The predicted octanol–water partition coefficient (Wildman–Crippen LogP) is 3.41. The molecule has 1 aromatic carbocycles. The molecule has 2 heterocycles. The van der Waals surface area contributed by atoms with Crippen molar-refractivity contribution in [2.75, 3.05) is 11.4 Å². The van der Waals surface area contributed by atoms with Crippen LogP contribution in [0.4, 0.5) is 5.82 Å². The summed E-state index contributed by atoms with van der Waals surface area (Å²) in [6.45, 7) is 3.73. The van der Waals surface area contributed by atoms with E-state index in [1.54, 1.807) is 11.0 Å². The molecule has 0 unspecified atom stereocenters. The van der Waals surface area contributed by atoms with Gasteiger partial charge in [0.15, 0.2) is 5.65 Å². The molecule has 0 saturated heterocycles. The highest BCUT2D eigenvalue weighted by Gasteiger charge is 2.18. The molecule has 0 aliphatic carbocycles. The second-order valence-corrected chi connectivity index (χ2v) is 6.29. The van der Waals surface area contributed by atoms with Gasteiger partial charge in [-0.15, -0.1) is 0 Å². The van der Waals surface area contributed by atoms with Gasteiger partial charge in [-0.2, -0.15) is 10.4 Å². The molecular formula is C17H17BrN6. The first kappa shape index (κ1) is 16.4. The van der Waals surface area contributed by atoms with Gasteiger partial charge < -0.3 is 4.90 Å². The third-order valence-corrected chi connectivity index (χ3v) is 4.36. The third kappa shape index (κ3) is 3.10. The summed E-state index contributed by atoms with van der Waals surface area (Å²) in [6.07, 6.45) is 2.58. The van der Waals surface area contributed by atoms with Gasteiger partial charge in [0.2, 0.25) is 0 Å². The molecule has 0 spiro atoms. The topological polar surface area (TPSA) is 70.6 Å². The zero-order chi connectivity index (χ0) is 17.1. The lowest BCUT2D eigenvalue weighted by Crippen LogP contribution is -2.24. The van der Waals surface area contributed by atoms with Crippen LogP contribution in [0.15, 0.2) is 35.2 Å². The summed E-state index contributed by atoms with van der Waals surface area (Å²) in [5.41, 5.74) is 2.60. The largest absolute Gasteiger partial charge is 0.352 e. The number of hydrogen-bond acceptors (Lipinski definition) is 5. The fraction of sp³-hybridized carbons (Fsp3) is 0.294. The molecule has 3 aromatic rings. The molecule has 0 radical (unpaired) electrons. The molecule has 24 heavy (non-hydrogen) atoms. The lowest BCUT2D eigenvalue weighted by molar-refractivity contribution is 0.755. The van der Waals surface area contributed by atoms with Crippen LogP contribution in [0.3, 0.4) is 0 Å². The van der Waals surface area contributed by atoms with E-state index in [4.69, 9.17) is 5.26 Å². The number of nitriles is 1. The molecule has 6 nitrogen and oxygen atoms in total. The van der Waals surface area contributed by atoms with E-state index >= 15 is 0 Å². The normalized spacial score (nSPS) is 10.8. The van der Waals surface area contributed by atoms with Crippen LogP contribution < -0.4 is 4.90 Å². The highest BCUT2D eigenvalue weighted by Crippen LogP contribution is 2.30. The van der Waals surface area contributed by atoms with Gasteiger partial charge in [0.25, 0.3) is 0 Å². The van der Waals surface area contributed by atoms with Gasteiger partial charge in [-0.05, 0) is 40.0 Å². The number of aromatic nitrogens is 4. The van der Waals surface area contributed by atoms with Gasteiger partial charge >= 0.3 is 0 Å². The molecule has 7 heteroatoms. The van der Waals surface area contributed by atoms with E-state index in [9.17, 15) is 0 Å². The quantitative estimate of drug-likeness (QED) is 0.673. The maximum Gasteiger partial charge on any atom is 0.164 e. The zero-order valence-electron chi connectivity index (χ0n) is 13.6. The lowest BCUT2D eigenvalue weighted by Gasteiger charge is -2.24. The minimum Gasteiger partial charge on any atom is -0.352 e. The van der Waals surface area contributed by atoms with Crippen molar-refractivity contribution < 1.29 is 0 Å². The molecule has 2 aromatic heterocycles. The summed E-state index contributed by atoms with van der Waals surface area (Å²) in [5.74, 6) is 0.867. The Hall–Kier alpha value is -2.46. The zero-order valence-corrected chi connectivity index (χ0v) is 15.2. The summed E-state index contributed by atoms with van der Waals surface area (Å²) in [6, 6.07) is 9.80. The second-order valence-electron chi connectivity index (χ2n) is 5.54. The van der Waals surface area contributed by atoms with E-state index in [1.807, 2.05) is 31.3 Å². The van der Waals surface area contributed by atoms with Crippen molar-refractivity contribution >= 4 is 32.8 Å². The maximum absolute atomic E-state index is 8.93. The van der Waals surface area contributed by atoms with E-state index < -0.39 is 0 Å². The van der Waals surface area contributed by atoms with Crippen molar-refractivity contribution in [3.63, 3.8) is 0 Å². The van der Waals surface area contributed by atoms with Crippen molar-refractivity contribution in [1.82, 2.24) is 19.7 Å². The summed E-state index contributed by atoms with van der Waals surface area (Å²) in [7, 11) is 1.87. The minimum atomic E-state index is 0.667. The van der Waals surface area contributed by atoms with Crippen LogP contribution in [-0.4, -0.2) is 26.3 Å². The molecule has 0 amide bonds. The van der Waals surface area contributed by atoms with Crippen molar-refractivity contribution in [2.24, 2.45) is 7.05 Å². The van der Waals surface area contributed by atoms with E-state index in [2.05, 4.69) is 48.9 Å². The summed E-state index contributed by atoms with van der Waals surface area (Å²) in [4.78, 5) is 11.1. The number of anilines is 1. The smallest absolute Gasteiger partial charge is 0.164 e. The molecular weight excluding hydrogens is 368 g/mol. The fourth-order valence-corrected chi connectivity index (χ4v) is 3.29. The van der Waals surface area contributed by atoms with Crippen LogP contribution in [0, 0.1) is 11.3 Å². The van der Waals surface area contributed by atoms with Crippen LogP contribution >= 0.6 is 15.9 Å². The summed E-state index contributed by atoms with van der Waals surface area (Å²) in [5, 5.41) is 14.2. The van der Waals surface area contributed by atoms with Crippen molar-refractivity contribution in [2.45, 2.75) is 19.9 Å². The van der Waals surface area contributed by atoms with Gasteiger partial charge in [-0.3, -0.25) is 0 Å². The molecule has 0 aliphatic heterocycles.